The SMILES string of the molecule is CCO.Nc1ccc(N2CCCC=N2)cc1.O=C(CC[C@H](O)CNc1ccc(N2CCCC=N2)cc1)c1ccc(Cl)s1.O=C(CC[C@H]1CO1)c1ccc(Cl)s1. The van der Waals surface area contributed by atoms with Crippen LogP contribution >= 0.6 is 45.9 Å². The number of nitrogens with zero attached hydrogens (tertiary/aromatic N) is 4. The number of Topliss-reactive ketones (excluding diaryl/α,β-unsaturated/α-hetero) is 2. The first-order chi connectivity index (χ1) is 26.6. The fourth-order valence-corrected chi connectivity index (χ4v) is 7.24. The Kier molecular flexibility index (Phi) is 19.1. The highest BCUT2D eigenvalue weighted by Crippen LogP contribution is 2.26. The average Bonchev–Trinajstić information content (AvgIpc) is 3.78. The zero-order valence-electron chi connectivity index (χ0n) is 31.0. The van der Waals surface area contributed by atoms with Crippen molar-refractivity contribution in [3.05, 3.63) is 91.2 Å². The maximum absolute atomic E-state index is 12.0. The van der Waals surface area contributed by atoms with Crippen molar-refractivity contribution in [3.8, 4) is 0 Å². The van der Waals surface area contributed by atoms with Crippen LogP contribution in [0.4, 0.5) is 22.7 Å². The van der Waals surface area contributed by atoms with E-state index in [0.717, 1.165) is 73.0 Å². The van der Waals surface area contributed by atoms with E-state index in [0.29, 0.717) is 45.5 Å². The summed E-state index contributed by atoms with van der Waals surface area (Å²) in [6.45, 7) is 5.09. The number of ketones is 2. The number of halogens is 2. The van der Waals surface area contributed by atoms with Gasteiger partial charge in [-0.15, -0.1) is 22.7 Å². The predicted molar refractivity (Wildman–Crippen MR) is 230 cm³/mol. The number of aliphatic hydroxyl groups is 2. The number of anilines is 4. The van der Waals surface area contributed by atoms with Crippen molar-refractivity contribution in [2.75, 3.05) is 53.9 Å². The molecule has 0 unspecified atom stereocenters. The molecule has 296 valence electrons. The Balaban J connectivity index is 0.000000194. The molecule has 1 saturated heterocycles. The first-order valence-corrected chi connectivity index (χ1v) is 20.8. The number of nitrogens with one attached hydrogen (secondary N) is 1. The fourth-order valence-electron chi connectivity index (χ4n) is 5.22. The second-order valence-corrected chi connectivity index (χ2v) is 16.1. The van der Waals surface area contributed by atoms with Gasteiger partial charge in [0.15, 0.2) is 11.6 Å². The second kappa shape index (κ2) is 24.0. The van der Waals surface area contributed by atoms with Gasteiger partial charge in [0, 0.05) is 62.9 Å². The first kappa shape index (κ1) is 43.9. The minimum atomic E-state index is -0.583. The molecule has 0 saturated carbocycles. The monoisotopic (exact) mass is 828 g/mol. The Morgan fingerprint density at radius 2 is 1.35 bits per heavy atom. The largest absolute Gasteiger partial charge is 0.399 e. The zero-order chi connectivity index (χ0) is 39.4. The molecule has 3 aliphatic heterocycles. The van der Waals surface area contributed by atoms with Crippen molar-refractivity contribution < 1.29 is 24.5 Å². The van der Waals surface area contributed by atoms with Crippen molar-refractivity contribution in [2.24, 2.45) is 10.2 Å². The van der Waals surface area contributed by atoms with Gasteiger partial charge in [-0.05, 0) is 118 Å². The number of benzene rings is 2. The number of hydrogen-bond acceptors (Lipinski definition) is 13. The molecule has 5 N–H and O–H groups in total. The van der Waals surface area contributed by atoms with Gasteiger partial charge in [0.1, 0.15) is 0 Å². The maximum atomic E-state index is 12.0. The molecule has 0 amide bonds. The van der Waals surface area contributed by atoms with Crippen LogP contribution < -0.4 is 21.1 Å². The molecule has 0 spiro atoms. The summed E-state index contributed by atoms with van der Waals surface area (Å²) in [5, 5.41) is 33.5. The topological polar surface area (TPSA) is 156 Å². The van der Waals surface area contributed by atoms with Crippen LogP contribution in [-0.4, -0.2) is 79.3 Å². The van der Waals surface area contributed by atoms with Crippen LogP contribution in [0.1, 0.15) is 77.6 Å². The lowest BCUT2D eigenvalue weighted by Crippen LogP contribution is -2.22. The number of carbonyl (C=O) groups is 2. The molecule has 0 aliphatic carbocycles. The normalized spacial score (nSPS) is 16.1. The summed E-state index contributed by atoms with van der Waals surface area (Å²) in [6, 6.07) is 22.8. The van der Waals surface area contributed by atoms with Gasteiger partial charge in [-0.1, -0.05) is 23.2 Å². The van der Waals surface area contributed by atoms with Crippen molar-refractivity contribution in [1.29, 1.82) is 0 Å². The molecule has 1 fully saturated rings. The van der Waals surface area contributed by atoms with Crippen LogP contribution in [0, 0.1) is 0 Å². The summed E-state index contributed by atoms with van der Waals surface area (Å²) < 4.78 is 6.30. The van der Waals surface area contributed by atoms with Gasteiger partial charge in [-0.3, -0.25) is 19.6 Å². The molecule has 5 heterocycles. The number of carbonyl (C=O) groups excluding carboxylic acids is 2. The van der Waals surface area contributed by atoms with Gasteiger partial charge in [0.05, 0.1) is 48.6 Å². The molecule has 2 atom stereocenters. The molecular weight excluding hydrogens is 780 g/mol. The highest BCUT2D eigenvalue weighted by molar-refractivity contribution is 7.18. The van der Waals surface area contributed by atoms with Crippen molar-refractivity contribution in [3.63, 3.8) is 0 Å². The maximum Gasteiger partial charge on any atom is 0.172 e. The third-order valence-electron chi connectivity index (χ3n) is 8.24. The lowest BCUT2D eigenvalue weighted by molar-refractivity contribution is 0.0949. The first-order valence-electron chi connectivity index (χ1n) is 18.4. The number of nitrogens with two attached hydrogens (primary N) is 1. The molecule has 7 rings (SSSR count). The lowest BCUT2D eigenvalue weighted by Gasteiger charge is -2.22. The van der Waals surface area contributed by atoms with Gasteiger partial charge < -0.3 is 26.0 Å². The van der Waals surface area contributed by atoms with Crippen LogP contribution in [0.15, 0.2) is 83.0 Å². The number of epoxide rings is 1. The number of aliphatic hydroxyl groups excluding tert-OH is 2. The van der Waals surface area contributed by atoms with E-state index >= 15 is 0 Å². The number of hydrazone groups is 2. The van der Waals surface area contributed by atoms with Crippen molar-refractivity contribution in [1.82, 2.24) is 0 Å². The quantitative estimate of drug-likeness (QED) is 0.0587. The fraction of sp³-hybridized carbons (Fsp3) is 0.400. The van der Waals surface area contributed by atoms with Gasteiger partial charge in [-0.2, -0.15) is 10.2 Å². The predicted octanol–water partition coefficient (Wildman–Crippen LogP) is 9.04. The summed E-state index contributed by atoms with van der Waals surface area (Å²) >= 11 is 14.2. The molecule has 4 aromatic rings. The second-order valence-electron chi connectivity index (χ2n) is 12.7. The van der Waals surface area contributed by atoms with Gasteiger partial charge in [-0.25, -0.2) is 0 Å². The van der Waals surface area contributed by atoms with E-state index in [-0.39, 0.29) is 18.2 Å². The number of ether oxygens (including phenoxy) is 1. The van der Waals surface area contributed by atoms with E-state index < -0.39 is 6.10 Å². The van der Waals surface area contributed by atoms with Crippen LogP contribution in [0.2, 0.25) is 8.67 Å². The number of hydrogen-bond donors (Lipinski definition) is 4. The van der Waals surface area contributed by atoms with E-state index in [2.05, 4.69) is 15.5 Å². The van der Waals surface area contributed by atoms with E-state index in [1.54, 1.807) is 31.2 Å². The van der Waals surface area contributed by atoms with Crippen LogP contribution in [0.25, 0.3) is 0 Å². The average molecular weight is 830 g/mol. The molecule has 15 heteroatoms. The molecule has 3 aliphatic rings. The summed E-state index contributed by atoms with van der Waals surface area (Å²) in [4.78, 5) is 24.9. The molecule has 2 aromatic carbocycles. The van der Waals surface area contributed by atoms with Crippen molar-refractivity contribution in [2.45, 2.75) is 70.5 Å². The van der Waals surface area contributed by atoms with E-state index in [9.17, 15) is 14.7 Å². The third-order valence-corrected chi connectivity index (χ3v) is 10.8. The lowest BCUT2D eigenvalue weighted by atomic mass is 10.1. The standard InChI is InChI=1S/C19H22ClN3O2S.C10H13N3.C9H9ClO2S.C2H6O/c20-19-10-9-18(26-19)17(25)8-7-16(24)13-21-14-3-5-15(6-4-14)23-12-2-1-11-22-23;11-9-3-5-10(6-4-9)13-8-2-1-7-12-13;10-9-4-3-8(13-9)7(11)2-1-6-5-12-6;1-2-3/h3-6,9-11,16,21,24H,1-2,7-8,12-13H2;3-7H,1-2,8,11H2;3-4,6H,1-2,5H2;3H,2H2,1H3/t16-;;6-;/m0.0./s1. The Hall–Kier alpha value is -3.82. The van der Waals surface area contributed by atoms with Gasteiger partial charge in [0.2, 0.25) is 0 Å². The zero-order valence-corrected chi connectivity index (χ0v) is 34.1. The third kappa shape index (κ3) is 16.4. The summed E-state index contributed by atoms with van der Waals surface area (Å²) in [7, 11) is 0. The molecule has 2 aromatic heterocycles. The van der Waals surface area contributed by atoms with Crippen molar-refractivity contribution >= 4 is 92.6 Å². The van der Waals surface area contributed by atoms with Crippen LogP contribution in [0.3, 0.4) is 0 Å². The summed E-state index contributed by atoms with van der Waals surface area (Å²) in [5.74, 6) is 0.194. The van der Waals surface area contributed by atoms with Crippen LogP contribution in [0.5, 0.6) is 0 Å². The Labute approximate surface area is 341 Å². The Morgan fingerprint density at radius 1 is 0.855 bits per heavy atom. The minimum Gasteiger partial charge on any atom is -0.399 e. The molecule has 0 bridgehead atoms. The Bertz CT molecular complexity index is 1800. The van der Waals surface area contributed by atoms with Gasteiger partial charge in [0.25, 0.3) is 0 Å². The molecule has 55 heavy (non-hydrogen) atoms. The number of nitrogen functional groups attached to an aromatic ring is 1. The summed E-state index contributed by atoms with van der Waals surface area (Å²) in [6.07, 6.45) is 10.2. The number of rotatable bonds is 13. The highest BCUT2D eigenvalue weighted by Gasteiger charge is 2.23. The van der Waals surface area contributed by atoms with E-state index in [4.69, 9.17) is 38.8 Å². The molecular formula is C40H50Cl2N6O5S2. The van der Waals surface area contributed by atoms with E-state index in [1.165, 1.54) is 29.1 Å². The van der Waals surface area contributed by atoms with Gasteiger partial charge >= 0.3 is 0 Å². The van der Waals surface area contributed by atoms with Crippen LogP contribution in [-0.2, 0) is 4.74 Å². The highest BCUT2D eigenvalue weighted by atomic mass is 35.5. The smallest absolute Gasteiger partial charge is 0.172 e. The molecule has 11 nitrogen and oxygen atoms in total. The minimum absolute atomic E-state index is 0.0207. The molecule has 0 radical (unpaired) electrons. The summed E-state index contributed by atoms with van der Waals surface area (Å²) in [5.41, 5.74) is 9.51. The number of thiophene rings is 2. The van der Waals surface area contributed by atoms with E-state index in [1.807, 2.05) is 71.0 Å². The Morgan fingerprint density at radius 3 is 1.78 bits per heavy atom.